The first-order chi connectivity index (χ1) is 16.9. The minimum Gasteiger partial charge on any atom is -0.465 e. The highest BCUT2D eigenvalue weighted by molar-refractivity contribution is 7.18. The van der Waals surface area contributed by atoms with Gasteiger partial charge in [0.2, 0.25) is 0 Å². The van der Waals surface area contributed by atoms with Crippen molar-refractivity contribution in [2.75, 3.05) is 23.4 Å². The number of amides is 1. The summed E-state index contributed by atoms with van der Waals surface area (Å²) in [6.45, 7) is 2.21. The maximum Gasteiger partial charge on any atom is 0.326 e. The zero-order chi connectivity index (χ0) is 24.8. The minimum atomic E-state index is -0.508. The molecule has 0 aliphatic carbocycles. The van der Waals surface area contributed by atoms with Crippen molar-refractivity contribution in [3.05, 3.63) is 83.0 Å². The van der Waals surface area contributed by atoms with Crippen LogP contribution in [0.2, 0.25) is 0 Å². The molecule has 194 valence electrons. The van der Waals surface area contributed by atoms with E-state index >= 15 is 0 Å². The summed E-state index contributed by atoms with van der Waals surface area (Å²) in [5, 5.41) is 11.6. The normalized spacial score (nSPS) is 10.1. The van der Waals surface area contributed by atoms with Crippen molar-refractivity contribution in [3.63, 3.8) is 0 Å². The van der Waals surface area contributed by atoms with E-state index in [0.717, 1.165) is 15.4 Å². The molecule has 0 saturated heterocycles. The first kappa shape index (κ1) is 29.5. The van der Waals surface area contributed by atoms with E-state index in [1.54, 1.807) is 55.6 Å². The van der Waals surface area contributed by atoms with Crippen LogP contribution in [0.5, 0.6) is 0 Å². The number of anilines is 2. The number of carbonyl (C=O) groups is 2. The summed E-state index contributed by atoms with van der Waals surface area (Å²) in [6.07, 6.45) is 1.57. The molecule has 0 saturated carbocycles. The van der Waals surface area contributed by atoms with E-state index in [4.69, 9.17) is 15.9 Å². The molecule has 0 bridgehead atoms. The van der Waals surface area contributed by atoms with E-state index in [-0.39, 0.29) is 49.7 Å². The van der Waals surface area contributed by atoms with Crippen LogP contribution in [0.4, 0.5) is 11.5 Å². The van der Waals surface area contributed by atoms with Gasteiger partial charge in [0.15, 0.2) is 0 Å². The van der Waals surface area contributed by atoms with Crippen molar-refractivity contribution < 1.29 is 14.3 Å². The number of benzene rings is 2. The van der Waals surface area contributed by atoms with Crippen molar-refractivity contribution in [2.45, 2.75) is 13.5 Å². The van der Waals surface area contributed by atoms with Crippen LogP contribution in [0, 0.1) is 5.41 Å². The maximum atomic E-state index is 13.3. The van der Waals surface area contributed by atoms with Crippen LogP contribution >= 0.6 is 36.2 Å². The lowest BCUT2D eigenvalue weighted by atomic mass is 10.2. The quantitative estimate of drug-likeness (QED) is 0.154. The van der Waals surface area contributed by atoms with E-state index < -0.39 is 5.97 Å². The highest BCUT2D eigenvalue weighted by Crippen LogP contribution is 2.25. The second-order valence-electron chi connectivity index (χ2n) is 7.52. The number of nitrogen functional groups attached to an aromatic ring is 1. The monoisotopic (exact) mass is 560 g/mol. The zero-order valence-electron chi connectivity index (χ0n) is 19.8. The lowest BCUT2D eigenvalue weighted by Crippen LogP contribution is -2.37. The SMILES string of the molecule is CCOC(=O)CN(C(=O)c1ccc2sc(CNc3ccc(C(=N)N)cc3)nc2c1)c1ccccn1.Cl.Cl. The largest absolute Gasteiger partial charge is 0.465 e. The average Bonchev–Trinajstić information content (AvgIpc) is 3.29. The van der Waals surface area contributed by atoms with Gasteiger partial charge >= 0.3 is 5.97 Å². The van der Waals surface area contributed by atoms with Crippen LogP contribution in [0.1, 0.15) is 27.9 Å². The van der Waals surface area contributed by atoms with Crippen LogP contribution in [-0.4, -0.2) is 40.8 Å². The number of pyridine rings is 1. The Balaban J connectivity index is 0.00000241. The fourth-order valence-corrected chi connectivity index (χ4v) is 4.28. The standard InChI is InChI=1S/C25H24N6O3S.2ClH/c1-2-34-23(32)15-31(21-5-3-4-12-28-21)25(33)17-8-11-20-19(13-17)30-22(35-20)14-29-18-9-6-16(7-10-18)24(26)27;;/h3-13,29H,2,14-15H2,1H3,(H3,26,27);2*1H. The summed E-state index contributed by atoms with van der Waals surface area (Å²) in [6, 6.07) is 17.7. The van der Waals surface area contributed by atoms with Gasteiger partial charge in [0.25, 0.3) is 5.91 Å². The van der Waals surface area contributed by atoms with E-state index in [0.29, 0.717) is 29.0 Å². The second kappa shape index (κ2) is 13.5. The molecule has 0 spiro atoms. The molecule has 4 N–H and O–H groups in total. The molecule has 4 rings (SSSR count). The van der Waals surface area contributed by atoms with Crippen LogP contribution in [0.15, 0.2) is 66.9 Å². The number of rotatable bonds is 9. The third kappa shape index (κ3) is 7.39. The van der Waals surface area contributed by atoms with Gasteiger partial charge in [-0.2, -0.15) is 0 Å². The first-order valence-electron chi connectivity index (χ1n) is 10.9. The molecule has 37 heavy (non-hydrogen) atoms. The summed E-state index contributed by atoms with van der Waals surface area (Å²) in [4.78, 5) is 35.7. The Bertz CT molecular complexity index is 1370. The number of halogens is 2. The minimum absolute atomic E-state index is 0. The Labute approximate surface area is 230 Å². The number of thiazole rings is 1. The van der Waals surface area contributed by atoms with Gasteiger partial charge in [-0.25, -0.2) is 9.97 Å². The molecular formula is C25H26Cl2N6O3S. The van der Waals surface area contributed by atoms with Crippen LogP contribution in [0.3, 0.4) is 0 Å². The summed E-state index contributed by atoms with van der Waals surface area (Å²) >= 11 is 1.53. The second-order valence-corrected chi connectivity index (χ2v) is 8.63. The molecule has 9 nitrogen and oxygen atoms in total. The van der Waals surface area contributed by atoms with E-state index in [2.05, 4.69) is 15.3 Å². The van der Waals surface area contributed by atoms with Gasteiger partial charge in [-0.3, -0.25) is 19.9 Å². The van der Waals surface area contributed by atoms with Crippen molar-refractivity contribution in [2.24, 2.45) is 5.73 Å². The Morgan fingerprint density at radius 1 is 1.08 bits per heavy atom. The molecule has 0 aliphatic rings. The number of nitrogens with two attached hydrogens (primary N) is 1. The molecule has 0 unspecified atom stereocenters. The average molecular weight is 561 g/mol. The predicted molar refractivity (Wildman–Crippen MR) is 151 cm³/mol. The summed E-state index contributed by atoms with van der Waals surface area (Å²) < 4.78 is 5.98. The molecule has 0 atom stereocenters. The van der Waals surface area contributed by atoms with Gasteiger partial charge in [0.05, 0.1) is 23.4 Å². The number of ether oxygens (including phenoxy) is 1. The molecule has 2 aromatic carbocycles. The molecular weight excluding hydrogens is 535 g/mol. The Morgan fingerprint density at radius 2 is 1.81 bits per heavy atom. The van der Waals surface area contributed by atoms with E-state index in [1.165, 1.54) is 16.2 Å². The number of hydrogen-bond donors (Lipinski definition) is 3. The number of nitrogens with zero attached hydrogens (tertiary/aromatic N) is 3. The lowest BCUT2D eigenvalue weighted by molar-refractivity contribution is -0.141. The Morgan fingerprint density at radius 3 is 2.46 bits per heavy atom. The summed E-state index contributed by atoms with van der Waals surface area (Å²) in [5.74, 6) is -0.482. The number of fused-ring (bicyclic) bond motifs is 1. The number of aromatic nitrogens is 2. The number of esters is 1. The van der Waals surface area contributed by atoms with Crippen molar-refractivity contribution in [1.82, 2.24) is 9.97 Å². The molecule has 1 amide bonds. The summed E-state index contributed by atoms with van der Waals surface area (Å²) in [7, 11) is 0. The third-order valence-corrected chi connectivity index (χ3v) is 6.12. The predicted octanol–water partition coefficient (Wildman–Crippen LogP) is 4.64. The van der Waals surface area contributed by atoms with Gasteiger partial charge in [0, 0.05) is 23.0 Å². The van der Waals surface area contributed by atoms with Crippen molar-refractivity contribution >= 4 is 75.6 Å². The van der Waals surface area contributed by atoms with Crippen molar-refractivity contribution in [1.29, 1.82) is 5.41 Å². The highest BCUT2D eigenvalue weighted by atomic mass is 35.5. The van der Waals surface area contributed by atoms with E-state index in [9.17, 15) is 9.59 Å². The van der Waals surface area contributed by atoms with Gasteiger partial charge in [0.1, 0.15) is 23.2 Å². The first-order valence-corrected chi connectivity index (χ1v) is 11.7. The van der Waals surface area contributed by atoms with Crippen LogP contribution in [-0.2, 0) is 16.1 Å². The fraction of sp³-hybridized carbons (Fsp3) is 0.160. The van der Waals surface area contributed by atoms with Crippen LogP contribution in [0.25, 0.3) is 10.2 Å². The Kier molecular flexibility index (Phi) is 10.8. The molecule has 2 heterocycles. The van der Waals surface area contributed by atoms with Gasteiger partial charge < -0.3 is 15.8 Å². The van der Waals surface area contributed by atoms with Crippen LogP contribution < -0.4 is 16.0 Å². The van der Waals surface area contributed by atoms with Gasteiger partial charge in [-0.05, 0) is 61.5 Å². The van der Waals surface area contributed by atoms with E-state index in [1.807, 2.05) is 18.2 Å². The molecule has 12 heteroatoms. The molecule has 0 fully saturated rings. The number of amidine groups is 1. The van der Waals surface area contributed by atoms with Crippen molar-refractivity contribution in [3.8, 4) is 0 Å². The summed E-state index contributed by atoms with van der Waals surface area (Å²) in [5.41, 5.74) is 8.14. The zero-order valence-corrected chi connectivity index (χ0v) is 22.3. The molecule has 4 aromatic rings. The number of nitrogens with one attached hydrogen (secondary N) is 2. The molecule has 0 aliphatic heterocycles. The smallest absolute Gasteiger partial charge is 0.326 e. The lowest BCUT2D eigenvalue weighted by Gasteiger charge is -2.20. The maximum absolute atomic E-state index is 13.3. The Hall–Kier alpha value is -3.73. The number of hydrogen-bond acceptors (Lipinski definition) is 8. The van der Waals surface area contributed by atoms with Gasteiger partial charge in [-0.15, -0.1) is 36.2 Å². The van der Waals surface area contributed by atoms with Gasteiger partial charge in [-0.1, -0.05) is 6.07 Å². The third-order valence-electron chi connectivity index (χ3n) is 5.08. The topological polar surface area (TPSA) is 134 Å². The molecule has 2 aromatic heterocycles. The fourth-order valence-electron chi connectivity index (χ4n) is 3.39. The highest BCUT2D eigenvalue weighted by Gasteiger charge is 2.23. The number of carbonyl (C=O) groups excluding carboxylic acids is 2. The molecule has 0 radical (unpaired) electrons.